The molecule has 0 bridgehead atoms. The van der Waals surface area contributed by atoms with E-state index < -0.39 is 19.7 Å². The van der Waals surface area contributed by atoms with Crippen LogP contribution in [0.3, 0.4) is 0 Å². The van der Waals surface area contributed by atoms with Gasteiger partial charge in [-0.3, -0.25) is 0 Å². The Hall–Kier alpha value is -4.00. The van der Waals surface area contributed by atoms with Gasteiger partial charge in [-0.05, 0) is 13.3 Å². The highest BCUT2D eigenvalue weighted by molar-refractivity contribution is 7.94. The van der Waals surface area contributed by atoms with Crippen LogP contribution in [0.25, 0.3) is 0 Å². The zero-order chi connectivity index (χ0) is 29.9. The van der Waals surface area contributed by atoms with Crippen molar-refractivity contribution in [1.82, 2.24) is 4.98 Å². The first kappa shape index (κ1) is 32.2. The quantitative estimate of drug-likeness (QED) is 0.212. The van der Waals surface area contributed by atoms with Crippen LogP contribution in [-0.2, 0) is 24.4 Å². The van der Waals surface area contributed by atoms with Crippen LogP contribution in [0.1, 0.15) is 17.5 Å². The molecule has 216 valence electrons. The second kappa shape index (κ2) is 14.4. The van der Waals surface area contributed by atoms with Gasteiger partial charge >= 0.3 is 0 Å². The highest BCUT2D eigenvalue weighted by Gasteiger charge is 2.22. The van der Waals surface area contributed by atoms with Crippen LogP contribution >= 0.6 is 0 Å². The van der Waals surface area contributed by atoms with Crippen LogP contribution < -0.4 is 20.1 Å². The van der Waals surface area contributed by atoms with Crippen molar-refractivity contribution < 1.29 is 31.0 Å². The van der Waals surface area contributed by atoms with Crippen LogP contribution in [0, 0.1) is 18.3 Å². The van der Waals surface area contributed by atoms with Gasteiger partial charge in [-0.1, -0.05) is 13.2 Å². The molecule has 1 aromatic carbocycles. The molecular weight excluding hydrogens is 560 g/mol. The Labute approximate surface area is 234 Å². The highest BCUT2D eigenvalue weighted by Crippen LogP contribution is 2.40. The van der Waals surface area contributed by atoms with Gasteiger partial charge in [0.1, 0.15) is 39.7 Å². The van der Waals surface area contributed by atoms with E-state index in [-0.39, 0.29) is 57.3 Å². The molecule has 0 aliphatic heterocycles. The molecule has 40 heavy (non-hydrogen) atoms. The lowest BCUT2D eigenvalue weighted by atomic mass is 10.1. The molecule has 1 heterocycles. The van der Waals surface area contributed by atoms with E-state index in [0.717, 1.165) is 10.8 Å². The van der Waals surface area contributed by atoms with Gasteiger partial charge in [0, 0.05) is 55.3 Å². The van der Waals surface area contributed by atoms with E-state index >= 15 is 0 Å². The van der Waals surface area contributed by atoms with E-state index in [0.29, 0.717) is 25.1 Å². The maximum absolute atomic E-state index is 12.4. The Morgan fingerprint density at radius 1 is 1.00 bits per heavy atom. The maximum Gasteiger partial charge on any atom is 0.203 e. The topological polar surface area (TPSA) is 181 Å². The number of pyridine rings is 1. The van der Waals surface area contributed by atoms with Crippen LogP contribution in [-0.4, -0.2) is 68.6 Å². The largest absolute Gasteiger partial charge is 0.495 e. The predicted molar refractivity (Wildman–Crippen MR) is 152 cm³/mol. The fourth-order valence-electron chi connectivity index (χ4n) is 3.37. The number of nitriles is 1. The number of aromatic nitrogens is 1. The lowest BCUT2D eigenvalue weighted by Gasteiger charge is -2.16. The number of anilines is 2. The van der Waals surface area contributed by atoms with Gasteiger partial charge in [0.15, 0.2) is 15.7 Å². The molecule has 0 spiro atoms. The molecule has 2 rings (SSSR count). The molecule has 0 aliphatic carbocycles. The zero-order valence-corrected chi connectivity index (χ0v) is 24.4. The summed E-state index contributed by atoms with van der Waals surface area (Å²) in [5, 5.41) is 26.1. The van der Waals surface area contributed by atoms with Gasteiger partial charge in [-0.15, -0.1) is 10.2 Å². The molecule has 0 radical (unpaired) electrons. The summed E-state index contributed by atoms with van der Waals surface area (Å²) in [6.07, 6.45) is 0.656. The number of azo groups is 1. The second-order valence-corrected chi connectivity index (χ2v) is 12.0. The first-order valence-corrected chi connectivity index (χ1v) is 15.1. The SMILES string of the molecule is C=CS(=O)(=O)CCNc1nc(NCCCOC)c(C#N)c(C)c1N=Nc1cc(OC)c(S(=O)(=O)C=C)cc1OC. The fraction of sp³-hybridized carbons (Fsp3) is 0.360. The van der Waals surface area contributed by atoms with Gasteiger partial charge in [0.2, 0.25) is 9.84 Å². The van der Waals surface area contributed by atoms with Crippen molar-refractivity contribution in [3.63, 3.8) is 0 Å². The van der Waals surface area contributed by atoms with Crippen LogP contribution in [0.4, 0.5) is 23.0 Å². The summed E-state index contributed by atoms with van der Waals surface area (Å²) in [5.74, 6) is 0.270. The summed E-state index contributed by atoms with van der Waals surface area (Å²) in [4.78, 5) is 4.32. The predicted octanol–water partition coefficient (Wildman–Crippen LogP) is 4.03. The first-order valence-electron chi connectivity index (χ1n) is 11.8. The number of sulfone groups is 2. The van der Waals surface area contributed by atoms with E-state index in [4.69, 9.17) is 14.2 Å². The van der Waals surface area contributed by atoms with Crippen LogP contribution in [0.15, 0.2) is 51.2 Å². The number of methoxy groups -OCH3 is 3. The minimum Gasteiger partial charge on any atom is -0.495 e. The number of benzene rings is 1. The van der Waals surface area contributed by atoms with Crippen molar-refractivity contribution in [2.24, 2.45) is 10.2 Å². The normalized spacial score (nSPS) is 11.6. The van der Waals surface area contributed by atoms with Crippen LogP contribution in [0.2, 0.25) is 0 Å². The third-order valence-corrected chi connectivity index (χ3v) is 8.18. The second-order valence-electron chi connectivity index (χ2n) is 8.09. The monoisotopic (exact) mass is 592 g/mol. The molecule has 0 saturated carbocycles. The van der Waals surface area contributed by atoms with Gasteiger partial charge in [0.05, 0.1) is 25.5 Å². The molecule has 13 nitrogen and oxygen atoms in total. The first-order chi connectivity index (χ1) is 19.0. The smallest absolute Gasteiger partial charge is 0.203 e. The number of ether oxygens (including phenoxy) is 3. The summed E-state index contributed by atoms with van der Waals surface area (Å²) in [6.45, 7) is 9.24. The fourth-order valence-corrected chi connectivity index (χ4v) is 4.80. The molecule has 0 aliphatic rings. The number of nitrogens with one attached hydrogen (secondary N) is 2. The minimum absolute atomic E-state index is 0.00852. The molecule has 2 N–H and O–H groups in total. The summed E-state index contributed by atoms with van der Waals surface area (Å²) in [5.41, 5.74) is 0.926. The van der Waals surface area contributed by atoms with Crippen LogP contribution in [0.5, 0.6) is 11.5 Å². The zero-order valence-electron chi connectivity index (χ0n) is 22.7. The Morgan fingerprint density at radius 3 is 2.25 bits per heavy atom. The van der Waals surface area contributed by atoms with E-state index in [2.05, 4.69) is 45.1 Å². The Kier molecular flexibility index (Phi) is 11.6. The molecule has 2 aromatic rings. The van der Waals surface area contributed by atoms with Gasteiger partial charge in [0.25, 0.3) is 0 Å². The van der Waals surface area contributed by atoms with Gasteiger partial charge in [-0.25, -0.2) is 21.8 Å². The number of nitrogens with zero attached hydrogens (tertiary/aromatic N) is 4. The van der Waals surface area contributed by atoms with Gasteiger partial charge in [-0.2, -0.15) is 5.26 Å². The molecule has 0 amide bonds. The van der Waals surface area contributed by atoms with E-state index in [1.807, 2.05) is 0 Å². The highest BCUT2D eigenvalue weighted by atomic mass is 32.2. The molecular formula is C25H32N6O7S2. The van der Waals surface area contributed by atoms with Gasteiger partial charge < -0.3 is 24.8 Å². The van der Waals surface area contributed by atoms with Crippen molar-refractivity contribution in [3.8, 4) is 17.6 Å². The Bertz CT molecular complexity index is 1530. The number of hydrogen-bond acceptors (Lipinski definition) is 13. The molecule has 15 heteroatoms. The molecule has 0 saturated heterocycles. The standard InChI is InChI=1S/C25H32N6O7S2/c1-7-39(32,33)13-11-28-25-23(17(3)18(16-26)24(29-25)27-10-9-12-36-4)31-30-19-14-21(38-6)22(15-20(19)37-5)40(34,35)8-2/h7-8,14-15H,1-2,9-13H2,3-6H3,(H2,27,28,29). The lowest BCUT2D eigenvalue weighted by molar-refractivity contribution is 0.198. The van der Waals surface area contributed by atoms with E-state index in [9.17, 15) is 22.1 Å². The number of hydrogen-bond donors (Lipinski definition) is 2. The van der Waals surface area contributed by atoms with Crippen molar-refractivity contribution in [2.45, 2.75) is 18.2 Å². The van der Waals surface area contributed by atoms with Crippen molar-refractivity contribution >= 4 is 42.7 Å². The average Bonchev–Trinajstić information content (AvgIpc) is 2.94. The summed E-state index contributed by atoms with van der Waals surface area (Å²) in [6, 6.07) is 4.69. The molecule has 0 fully saturated rings. The summed E-state index contributed by atoms with van der Waals surface area (Å²) in [7, 11) is -3.14. The third kappa shape index (κ3) is 8.01. The van der Waals surface area contributed by atoms with Crippen molar-refractivity contribution in [3.05, 3.63) is 47.2 Å². The summed E-state index contributed by atoms with van der Waals surface area (Å²) >= 11 is 0. The maximum atomic E-state index is 12.4. The van der Waals surface area contributed by atoms with Crippen molar-refractivity contribution in [2.75, 3.05) is 57.4 Å². The number of rotatable bonds is 16. The molecule has 0 atom stereocenters. The molecule has 1 aromatic heterocycles. The molecule has 0 unspecified atom stereocenters. The van der Waals surface area contributed by atoms with E-state index in [1.54, 1.807) is 14.0 Å². The minimum atomic E-state index is -3.86. The summed E-state index contributed by atoms with van der Waals surface area (Å²) < 4.78 is 64.3. The van der Waals surface area contributed by atoms with E-state index in [1.165, 1.54) is 26.4 Å². The lowest BCUT2D eigenvalue weighted by Crippen LogP contribution is -2.16. The van der Waals surface area contributed by atoms with Crippen molar-refractivity contribution in [1.29, 1.82) is 5.26 Å². The average molecular weight is 593 g/mol. The Morgan fingerprint density at radius 2 is 1.68 bits per heavy atom. The Balaban J connectivity index is 2.64. The third-order valence-electron chi connectivity index (χ3n) is 5.53.